The second kappa shape index (κ2) is 11.5. The zero-order valence-corrected chi connectivity index (χ0v) is 23.3. The standard InChI is InChI=1S/C28H31ClN4O5S/c1-20(34)38-19-26-17-32(39(36,37)27-5-3-22-14-24(29)4-2-23(22)15-27)18-28(35)33(26)16-21-8-12-31(13-9-21)25-6-10-30-11-7-25/h2-7,10-11,14-15,21,26H,8-9,12-13,16-19H2,1H3. The van der Waals surface area contributed by atoms with Crippen LogP contribution in [0, 0.1) is 5.92 Å². The minimum absolute atomic E-state index is 0.0515. The molecule has 0 bridgehead atoms. The second-order valence-electron chi connectivity index (χ2n) is 10.1. The van der Waals surface area contributed by atoms with Gasteiger partial charge in [-0.05, 0) is 65.9 Å². The van der Waals surface area contributed by atoms with Crippen LogP contribution in [0.2, 0.25) is 5.02 Å². The molecule has 1 atom stereocenters. The molecule has 2 aliphatic rings. The molecule has 0 saturated carbocycles. The highest BCUT2D eigenvalue weighted by Gasteiger charge is 2.40. The number of piperidine rings is 1. The molecule has 1 aromatic heterocycles. The molecule has 5 rings (SSSR count). The summed E-state index contributed by atoms with van der Waals surface area (Å²) in [5, 5.41) is 2.13. The van der Waals surface area contributed by atoms with Crippen molar-refractivity contribution in [3.8, 4) is 0 Å². The summed E-state index contributed by atoms with van der Waals surface area (Å²) in [7, 11) is -3.96. The monoisotopic (exact) mass is 570 g/mol. The van der Waals surface area contributed by atoms with E-state index in [0.29, 0.717) is 11.6 Å². The van der Waals surface area contributed by atoms with E-state index >= 15 is 0 Å². The molecule has 11 heteroatoms. The number of carbonyl (C=O) groups excluding carboxylic acids is 2. The van der Waals surface area contributed by atoms with Gasteiger partial charge in [-0.2, -0.15) is 4.31 Å². The number of amides is 1. The number of fused-ring (bicyclic) bond motifs is 1. The van der Waals surface area contributed by atoms with Crippen molar-refractivity contribution in [2.75, 3.05) is 44.2 Å². The van der Waals surface area contributed by atoms with Crippen LogP contribution >= 0.6 is 11.6 Å². The molecular weight excluding hydrogens is 540 g/mol. The lowest BCUT2D eigenvalue weighted by atomic mass is 9.95. The number of halogens is 1. The van der Waals surface area contributed by atoms with E-state index in [-0.39, 0.29) is 36.4 Å². The quantitative estimate of drug-likeness (QED) is 0.400. The van der Waals surface area contributed by atoms with Gasteiger partial charge in [0.25, 0.3) is 0 Å². The van der Waals surface area contributed by atoms with Crippen molar-refractivity contribution in [2.45, 2.75) is 30.7 Å². The number of esters is 1. The van der Waals surface area contributed by atoms with Crippen LogP contribution in [0.5, 0.6) is 0 Å². The van der Waals surface area contributed by atoms with Crippen LogP contribution in [-0.4, -0.2) is 79.9 Å². The van der Waals surface area contributed by atoms with Gasteiger partial charge < -0.3 is 14.5 Å². The first-order chi connectivity index (χ1) is 18.7. The van der Waals surface area contributed by atoms with Gasteiger partial charge in [0.1, 0.15) is 6.61 Å². The van der Waals surface area contributed by atoms with Crippen molar-refractivity contribution >= 4 is 50.0 Å². The van der Waals surface area contributed by atoms with E-state index in [1.165, 1.54) is 17.3 Å². The SMILES string of the molecule is CC(=O)OCC1CN(S(=O)(=O)c2ccc3cc(Cl)ccc3c2)CC(=O)N1CC1CCN(c2ccncc2)CC1. The molecule has 2 saturated heterocycles. The summed E-state index contributed by atoms with van der Waals surface area (Å²) in [6.45, 7) is 3.26. The topological polar surface area (TPSA) is 100 Å². The maximum Gasteiger partial charge on any atom is 0.302 e. The molecule has 2 aromatic carbocycles. The molecule has 2 fully saturated rings. The Kier molecular flexibility index (Phi) is 8.06. The number of ether oxygens (including phenoxy) is 1. The highest BCUT2D eigenvalue weighted by Crippen LogP contribution is 2.28. The Labute approximate surface area is 233 Å². The van der Waals surface area contributed by atoms with E-state index in [4.69, 9.17) is 16.3 Å². The maximum atomic E-state index is 13.6. The predicted molar refractivity (Wildman–Crippen MR) is 149 cm³/mol. The number of hydrogen-bond acceptors (Lipinski definition) is 7. The smallest absolute Gasteiger partial charge is 0.302 e. The van der Waals surface area contributed by atoms with Crippen LogP contribution < -0.4 is 4.90 Å². The fourth-order valence-corrected chi connectivity index (χ4v) is 6.99. The van der Waals surface area contributed by atoms with Crippen LogP contribution in [0.15, 0.2) is 65.8 Å². The zero-order chi connectivity index (χ0) is 27.6. The van der Waals surface area contributed by atoms with Crippen molar-refractivity contribution in [1.82, 2.24) is 14.2 Å². The van der Waals surface area contributed by atoms with E-state index in [1.807, 2.05) is 12.1 Å². The van der Waals surface area contributed by atoms with Crippen molar-refractivity contribution in [3.05, 3.63) is 65.9 Å². The van der Waals surface area contributed by atoms with Crippen LogP contribution in [0.4, 0.5) is 5.69 Å². The highest BCUT2D eigenvalue weighted by atomic mass is 35.5. The molecule has 9 nitrogen and oxygen atoms in total. The number of rotatable bonds is 7. The van der Waals surface area contributed by atoms with Gasteiger partial charge in [-0.3, -0.25) is 14.6 Å². The van der Waals surface area contributed by atoms with E-state index in [1.54, 1.807) is 47.6 Å². The molecule has 0 radical (unpaired) electrons. The number of sulfonamides is 1. The second-order valence-corrected chi connectivity index (χ2v) is 12.5. The molecule has 2 aliphatic heterocycles. The van der Waals surface area contributed by atoms with Gasteiger partial charge in [0.2, 0.25) is 15.9 Å². The largest absolute Gasteiger partial charge is 0.464 e. The lowest BCUT2D eigenvalue weighted by Gasteiger charge is -2.43. The zero-order valence-electron chi connectivity index (χ0n) is 21.7. The van der Waals surface area contributed by atoms with Crippen molar-refractivity contribution in [3.63, 3.8) is 0 Å². The first kappa shape index (κ1) is 27.4. The average molecular weight is 571 g/mol. The molecule has 0 aliphatic carbocycles. The molecule has 1 amide bonds. The summed E-state index contributed by atoms with van der Waals surface area (Å²) in [6.07, 6.45) is 5.35. The number of anilines is 1. The molecule has 3 heterocycles. The third-order valence-corrected chi connectivity index (χ3v) is 9.52. The van der Waals surface area contributed by atoms with Crippen LogP contribution in [0.25, 0.3) is 10.8 Å². The van der Waals surface area contributed by atoms with Crippen molar-refractivity contribution in [1.29, 1.82) is 0 Å². The van der Waals surface area contributed by atoms with E-state index in [9.17, 15) is 18.0 Å². The Bertz CT molecular complexity index is 1460. The highest BCUT2D eigenvalue weighted by molar-refractivity contribution is 7.89. The Balaban J connectivity index is 1.30. The summed E-state index contributed by atoms with van der Waals surface area (Å²) in [5.74, 6) is -0.491. The molecule has 0 spiro atoms. The molecular formula is C28H31ClN4O5S. The van der Waals surface area contributed by atoms with Gasteiger partial charge in [-0.15, -0.1) is 0 Å². The number of pyridine rings is 1. The predicted octanol–water partition coefficient (Wildman–Crippen LogP) is 3.57. The van der Waals surface area contributed by atoms with E-state index in [2.05, 4.69) is 9.88 Å². The molecule has 0 N–H and O–H groups in total. The average Bonchev–Trinajstić information content (AvgIpc) is 2.93. The lowest BCUT2D eigenvalue weighted by Crippen LogP contribution is -2.60. The molecule has 206 valence electrons. The number of hydrogen-bond donors (Lipinski definition) is 0. The summed E-state index contributed by atoms with van der Waals surface area (Å²) in [5.41, 5.74) is 1.13. The van der Waals surface area contributed by atoms with Gasteiger partial charge >= 0.3 is 5.97 Å². The van der Waals surface area contributed by atoms with Crippen LogP contribution in [0.3, 0.4) is 0 Å². The van der Waals surface area contributed by atoms with Crippen LogP contribution in [0.1, 0.15) is 19.8 Å². The maximum absolute atomic E-state index is 13.6. The number of benzene rings is 2. The summed E-state index contributed by atoms with van der Waals surface area (Å²) in [4.78, 5) is 33.2. The van der Waals surface area contributed by atoms with E-state index < -0.39 is 22.0 Å². The Morgan fingerprint density at radius 1 is 1.05 bits per heavy atom. The number of carbonyl (C=O) groups is 2. The first-order valence-electron chi connectivity index (χ1n) is 13.0. The Hall–Kier alpha value is -3.21. The summed E-state index contributed by atoms with van der Waals surface area (Å²) in [6, 6.07) is 13.5. The number of nitrogens with zero attached hydrogens (tertiary/aromatic N) is 4. The summed E-state index contributed by atoms with van der Waals surface area (Å²) < 4.78 is 33.7. The van der Waals surface area contributed by atoms with Crippen LogP contribution in [-0.2, 0) is 24.3 Å². The first-order valence-corrected chi connectivity index (χ1v) is 14.8. The molecule has 39 heavy (non-hydrogen) atoms. The Morgan fingerprint density at radius 2 is 1.74 bits per heavy atom. The van der Waals surface area contributed by atoms with Gasteiger partial charge in [0.05, 0.1) is 17.5 Å². The van der Waals surface area contributed by atoms with Gasteiger partial charge in [-0.1, -0.05) is 23.7 Å². The lowest BCUT2D eigenvalue weighted by molar-refractivity contribution is -0.149. The Morgan fingerprint density at radius 3 is 2.46 bits per heavy atom. The number of aromatic nitrogens is 1. The number of piperazine rings is 1. The fourth-order valence-electron chi connectivity index (χ4n) is 5.34. The minimum Gasteiger partial charge on any atom is -0.464 e. The fraction of sp³-hybridized carbons (Fsp3) is 0.393. The third kappa shape index (κ3) is 6.18. The van der Waals surface area contributed by atoms with Crippen molar-refractivity contribution in [2.24, 2.45) is 5.92 Å². The molecule has 1 unspecified atom stereocenters. The molecule has 3 aromatic rings. The van der Waals surface area contributed by atoms with Crippen molar-refractivity contribution < 1.29 is 22.7 Å². The summed E-state index contributed by atoms with van der Waals surface area (Å²) >= 11 is 6.06. The van der Waals surface area contributed by atoms with E-state index in [0.717, 1.165) is 42.4 Å². The normalized spacial score (nSPS) is 19.4. The van der Waals surface area contributed by atoms with Gasteiger partial charge in [0, 0.05) is 56.2 Å². The third-order valence-electron chi connectivity index (χ3n) is 7.47. The van der Waals surface area contributed by atoms with Gasteiger partial charge in [0.15, 0.2) is 0 Å². The minimum atomic E-state index is -3.96. The van der Waals surface area contributed by atoms with Gasteiger partial charge in [-0.25, -0.2) is 8.42 Å².